The van der Waals surface area contributed by atoms with Crippen LogP contribution in [-0.2, 0) is 4.79 Å². The van der Waals surface area contributed by atoms with E-state index in [1.807, 2.05) is 78.6 Å². The highest BCUT2D eigenvalue weighted by molar-refractivity contribution is 5.99. The van der Waals surface area contributed by atoms with Crippen molar-refractivity contribution < 1.29 is 9.59 Å². The van der Waals surface area contributed by atoms with Gasteiger partial charge in [-0.15, -0.1) is 0 Å². The van der Waals surface area contributed by atoms with Gasteiger partial charge < -0.3 is 15.1 Å². The number of amides is 2. The summed E-state index contributed by atoms with van der Waals surface area (Å²) in [6.45, 7) is 4.13. The summed E-state index contributed by atoms with van der Waals surface area (Å²) in [6.07, 6.45) is 3.52. The van der Waals surface area contributed by atoms with Crippen molar-refractivity contribution >= 4 is 17.8 Å². The van der Waals surface area contributed by atoms with E-state index in [4.69, 9.17) is 4.98 Å². The molecular formula is C27H31N5O2. The van der Waals surface area contributed by atoms with Crippen LogP contribution in [-0.4, -0.2) is 52.9 Å². The Kier molecular flexibility index (Phi) is 6.63. The molecule has 1 aromatic heterocycles. The van der Waals surface area contributed by atoms with Crippen LogP contribution in [0.5, 0.6) is 0 Å². The van der Waals surface area contributed by atoms with Gasteiger partial charge in [-0.3, -0.25) is 9.59 Å². The molecule has 1 fully saturated rings. The zero-order valence-electron chi connectivity index (χ0n) is 20.2. The summed E-state index contributed by atoms with van der Waals surface area (Å²) in [6, 6.07) is 18.8. The first-order valence-corrected chi connectivity index (χ1v) is 11.6. The summed E-state index contributed by atoms with van der Waals surface area (Å²) in [5.41, 5.74) is 2.22. The molecule has 7 nitrogen and oxygen atoms in total. The van der Waals surface area contributed by atoms with Crippen molar-refractivity contribution in [1.29, 1.82) is 0 Å². The van der Waals surface area contributed by atoms with Crippen LogP contribution < -0.4 is 10.2 Å². The average Bonchev–Trinajstić information content (AvgIpc) is 3.33. The number of anilines is 1. The Morgan fingerprint density at radius 3 is 2.32 bits per heavy atom. The molecule has 4 rings (SSSR count). The quantitative estimate of drug-likeness (QED) is 0.603. The van der Waals surface area contributed by atoms with Crippen LogP contribution in [0.3, 0.4) is 0 Å². The molecule has 1 atom stereocenters. The fourth-order valence-corrected chi connectivity index (χ4v) is 4.35. The maximum absolute atomic E-state index is 13.7. The number of aromatic nitrogens is 2. The predicted molar refractivity (Wildman–Crippen MR) is 133 cm³/mol. The highest BCUT2D eigenvalue weighted by Gasteiger charge is 2.41. The monoisotopic (exact) mass is 457 g/mol. The summed E-state index contributed by atoms with van der Waals surface area (Å²) < 4.78 is 0. The highest BCUT2D eigenvalue weighted by atomic mass is 16.2. The second kappa shape index (κ2) is 9.63. The Bertz CT molecular complexity index is 1160. The maximum Gasteiger partial charge on any atom is 0.252 e. The summed E-state index contributed by atoms with van der Waals surface area (Å²) in [7, 11) is 3.81. The van der Waals surface area contributed by atoms with Crippen LogP contribution >= 0.6 is 0 Å². The minimum atomic E-state index is -1.07. The van der Waals surface area contributed by atoms with Gasteiger partial charge in [0.05, 0.1) is 11.7 Å². The lowest BCUT2D eigenvalue weighted by Gasteiger charge is -2.34. The molecule has 0 saturated carbocycles. The normalized spacial score (nSPS) is 15.8. The zero-order chi connectivity index (χ0) is 24.3. The van der Waals surface area contributed by atoms with E-state index in [2.05, 4.69) is 10.3 Å². The van der Waals surface area contributed by atoms with Gasteiger partial charge in [0.2, 0.25) is 11.9 Å². The van der Waals surface area contributed by atoms with Crippen LogP contribution in [0.4, 0.5) is 5.95 Å². The fourth-order valence-electron chi connectivity index (χ4n) is 4.35. The first-order chi connectivity index (χ1) is 16.3. The smallest absolute Gasteiger partial charge is 0.252 e. The molecule has 0 radical (unpaired) electrons. The van der Waals surface area contributed by atoms with Gasteiger partial charge in [0, 0.05) is 38.0 Å². The molecule has 1 N–H and O–H groups in total. The van der Waals surface area contributed by atoms with Crippen LogP contribution in [0, 0.1) is 0 Å². The molecular weight excluding hydrogens is 426 g/mol. The number of rotatable bonds is 6. The van der Waals surface area contributed by atoms with Crippen LogP contribution in [0.15, 0.2) is 66.9 Å². The molecule has 34 heavy (non-hydrogen) atoms. The number of carbonyl (C=O) groups excluding carboxylic acids is 2. The predicted octanol–water partition coefficient (Wildman–Crippen LogP) is 4.08. The standard InChI is InChI=1S/C27H31N5O2/c1-27(2,30-24(33)20-14-9-6-10-15-20)25(34)32-17-11-16-22(32)23-21(19-12-7-5-8-13-19)18-28-26(29-23)31(3)4/h5-10,12-15,18,22H,11,16-17H2,1-4H3,(H,30,33)/t22-/m0/s1. The number of nitrogens with one attached hydrogen (secondary N) is 1. The van der Waals surface area contributed by atoms with E-state index in [9.17, 15) is 9.59 Å². The number of likely N-dealkylation sites (tertiary alicyclic amines) is 1. The van der Waals surface area contributed by atoms with Crippen molar-refractivity contribution in [2.75, 3.05) is 25.5 Å². The largest absolute Gasteiger partial charge is 0.347 e. The van der Waals surface area contributed by atoms with Gasteiger partial charge >= 0.3 is 0 Å². The topological polar surface area (TPSA) is 78.4 Å². The SMILES string of the molecule is CN(C)c1ncc(-c2ccccc2)c([C@@H]2CCCN2C(=O)C(C)(C)NC(=O)c2ccccc2)n1. The van der Waals surface area contributed by atoms with Crippen molar-refractivity contribution in [3.05, 3.63) is 78.1 Å². The Morgan fingerprint density at radius 1 is 1.03 bits per heavy atom. The Balaban J connectivity index is 1.66. The van der Waals surface area contributed by atoms with E-state index in [0.717, 1.165) is 29.7 Å². The lowest BCUT2D eigenvalue weighted by molar-refractivity contribution is -0.137. The lowest BCUT2D eigenvalue weighted by Crippen LogP contribution is -2.55. The maximum atomic E-state index is 13.7. The minimum Gasteiger partial charge on any atom is -0.347 e. The minimum absolute atomic E-state index is 0.122. The third-order valence-electron chi connectivity index (χ3n) is 6.12. The third kappa shape index (κ3) is 4.78. The Morgan fingerprint density at radius 2 is 1.68 bits per heavy atom. The first-order valence-electron chi connectivity index (χ1n) is 11.6. The molecule has 1 aliphatic heterocycles. The molecule has 0 aliphatic carbocycles. The van der Waals surface area contributed by atoms with Gasteiger partial charge in [0.25, 0.3) is 5.91 Å². The van der Waals surface area contributed by atoms with Crippen molar-refractivity contribution in [2.45, 2.75) is 38.3 Å². The van der Waals surface area contributed by atoms with Gasteiger partial charge in [-0.25, -0.2) is 9.97 Å². The van der Waals surface area contributed by atoms with E-state index < -0.39 is 5.54 Å². The van der Waals surface area contributed by atoms with Crippen molar-refractivity contribution in [3.63, 3.8) is 0 Å². The summed E-state index contributed by atoms with van der Waals surface area (Å²) in [5, 5.41) is 2.93. The van der Waals surface area contributed by atoms with Crippen molar-refractivity contribution in [1.82, 2.24) is 20.2 Å². The molecule has 7 heteroatoms. The Hall–Kier alpha value is -3.74. The first kappa shape index (κ1) is 23.4. The van der Waals surface area contributed by atoms with E-state index >= 15 is 0 Å². The molecule has 2 amide bonds. The summed E-state index contributed by atoms with van der Waals surface area (Å²) in [5.74, 6) is 0.213. The van der Waals surface area contributed by atoms with Gasteiger partial charge in [-0.2, -0.15) is 0 Å². The van der Waals surface area contributed by atoms with Crippen LogP contribution in [0.2, 0.25) is 0 Å². The average molecular weight is 458 g/mol. The van der Waals surface area contributed by atoms with Gasteiger partial charge in [-0.05, 0) is 44.4 Å². The second-order valence-electron chi connectivity index (χ2n) is 9.33. The zero-order valence-corrected chi connectivity index (χ0v) is 20.2. The second-order valence-corrected chi connectivity index (χ2v) is 9.33. The van der Waals surface area contributed by atoms with E-state index in [0.29, 0.717) is 18.1 Å². The molecule has 176 valence electrons. The van der Waals surface area contributed by atoms with Crippen LogP contribution in [0.1, 0.15) is 48.8 Å². The van der Waals surface area contributed by atoms with Crippen molar-refractivity contribution in [3.8, 4) is 11.1 Å². The molecule has 2 heterocycles. The fraction of sp³-hybridized carbons (Fsp3) is 0.333. The summed E-state index contributed by atoms with van der Waals surface area (Å²) in [4.78, 5) is 39.7. The van der Waals surface area contributed by atoms with E-state index in [-0.39, 0.29) is 17.9 Å². The number of benzene rings is 2. The molecule has 0 unspecified atom stereocenters. The molecule has 0 bridgehead atoms. The van der Waals surface area contributed by atoms with Gasteiger partial charge in [-0.1, -0.05) is 48.5 Å². The highest BCUT2D eigenvalue weighted by Crippen LogP contribution is 2.38. The van der Waals surface area contributed by atoms with Gasteiger partial charge in [0.1, 0.15) is 5.54 Å². The summed E-state index contributed by atoms with van der Waals surface area (Å²) >= 11 is 0. The van der Waals surface area contributed by atoms with E-state index in [1.54, 1.807) is 26.0 Å². The molecule has 2 aromatic carbocycles. The molecule has 1 aliphatic rings. The third-order valence-corrected chi connectivity index (χ3v) is 6.12. The van der Waals surface area contributed by atoms with Crippen molar-refractivity contribution in [2.24, 2.45) is 0 Å². The van der Waals surface area contributed by atoms with Crippen LogP contribution in [0.25, 0.3) is 11.1 Å². The number of hydrogen-bond donors (Lipinski definition) is 1. The number of hydrogen-bond acceptors (Lipinski definition) is 5. The van der Waals surface area contributed by atoms with Gasteiger partial charge in [0.15, 0.2) is 0 Å². The number of carbonyl (C=O) groups is 2. The molecule has 1 saturated heterocycles. The number of nitrogens with zero attached hydrogens (tertiary/aromatic N) is 4. The lowest BCUT2D eigenvalue weighted by atomic mass is 9.97. The molecule has 0 spiro atoms. The Labute approximate surface area is 200 Å². The van der Waals surface area contributed by atoms with E-state index in [1.165, 1.54) is 0 Å². The molecule has 3 aromatic rings.